The zero-order valence-corrected chi connectivity index (χ0v) is 11.4. The van der Waals surface area contributed by atoms with Gasteiger partial charge in [0.1, 0.15) is 0 Å². The number of nitrogens with one attached hydrogen (secondary N) is 2. The number of piperidine rings is 1. The van der Waals surface area contributed by atoms with Gasteiger partial charge in [0.2, 0.25) is 10.0 Å². The molecule has 6 heteroatoms. The lowest BCUT2D eigenvalue weighted by atomic mass is 9.75. The fourth-order valence-electron chi connectivity index (χ4n) is 3.25. The van der Waals surface area contributed by atoms with Gasteiger partial charge in [-0.25, -0.2) is 13.1 Å². The first-order valence-electron chi connectivity index (χ1n) is 6.67. The molecule has 1 aliphatic carbocycles. The second-order valence-electron chi connectivity index (χ2n) is 5.49. The number of rotatable bonds is 3. The fourth-order valence-corrected chi connectivity index (χ4v) is 4.21. The molecular formula is C12H21N3O2S. The lowest BCUT2D eigenvalue weighted by Crippen LogP contribution is -2.57. The fraction of sp³-hybridized carbons (Fsp3) is 0.917. The molecule has 0 bridgehead atoms. The maximum absolute atomic E-state index is 11.6. The van der Waals surface area contributed by atoms with E-state index in [4.69, 9.17) is 5.26 Å². The van der Waals surface area contributed by atoms with Crippen LogP contribution in [0.5, 0.6) is 0 Å². The minimum atomic E-state index is -3.43. The maximum atomic E-state index is 11.6. The molecule has 1 heterocycles. The molecule has 18 heavy (non-hydrogen) atoms. The highest BCUT2D eigenvalue weighted by Crippen LogP contribution is 2.34. The Morgan fingerprint density at radius 3 is 2.72 bits per heavy atom. The molecule has 2 fully saturated rings. The van der Waals surface area contributed by atoms with Crippen molar-refractivity contribution in [2.45, 2.75) is 56.5 Å². The van der Waals surface area contributed by atoms with Crippen LogP contribution in [0.1, 0.15) is 44.9 Å². The summed E-state index contributed by atoms with van der Waals surface area (Å²) in [6.45, 7) is 0.861. The second kappa shape index (κ2) is 5.55. The first kappa shape index (κ1) is 13.8. The summed E-state index contributed by atoms with van der Waals surface area (Å²) in [6, 6.07) is 1.69. The van der Waals surface area contributed by atoms with Crippen LogP contribution in [0.4, 0.5) is 0 Å². The molecule has 1 spiro atoms. The molecule has 2 N–H and O–H groups in total. The summed E-state index contributed by atoms with van der Waals surface area (Å²) in [5.74, 6) is -0.441. The molecule has 102 valence electrons. The van der Waals surface area contributed by atoms with Gasteiger partial charge in [0.25, 0.3) is 0 Å². The average molecular weight is 271 g/mol. The molecule has 0 aromatic heterocycles. The van der Waals surface area contributed by atoms with Crippen molar-refractivity contribution in [1.82, 2.24) is 10.0 Å². The van der Waals surface area contributed by atoms with Gasteiger partial charge < -0.3 is 5.32 Å². The predicted octanol–water partition coefficient (Wildman–Crippen LogP) is 0.884. The van der Waals surface area contributed by atoms with Crippen LogP contribution in [0.15, 0.2) is 0 Å². The third-order valence-electron chi connectivity index (χ3n) is 4.04. The number of hydrogen-bond donors (Lipinski definition) is 2. The molecule has 5 nitrogen and oxygen atoms in total. The maximum Gasteiger partial charge on any atom is 0.225 e. The molecule has 1 unspecified atom stereocenters. The summed E-state index contributed by atoms with van der Waals surface area (Å²) in [7, 11) is -3.43. The summed E-state index contributed by atoms with van der Waals surface area (Å²) >= 11 is 0. The van der Waals surface area contributed by atoms with Crippen molar-refractivity contribution < 1.29 is 8.42 Å². The summed E-state index contributed by atoms with van der Waals surface area (Å²) in [5.41, 5.74) is 0.135. The largest absolute Gasteiger partial charge is 0.311 e. The zero-order chi connectivity index (χ0) is 13.1. The molecule has 1 atom stereocenters. The van der Waals surface area contributed by atoms with Gasteiger partial charge in [-0.05, 0) is 32.2 Å². The van der Waals surface area contributed by atoms with Gasteiger partial charge in [0.15, 0.2) is 5.75 Å². The molecule has 0 aromatic carbocycles. The van der Waals surface area contributed by atoms with E-state index in [1.54, 1.807) is 6.07 Å². The van der Waals surface area contributed by atoms with E-state index >= 15 is 0 Å². The molecule has 0 amide bonds. The minimum Gasteiger partial charge on any atom is -0.311 e. The number of nitriles is 1. The van der Waals surface area contributed by atoms with Crippen molar-refractivity contribution in [2.75, 3.05) is 12.3 Å². The van der Waals surface area contributed by atoms with Gasteiger partial charge in [0.05, 0.1) is 6.07 Å². The van der Waals surface area contributed by atoms with Crippen LogP contribution in [0, 0.1) is 11.3 Å². The van der Waals surface area contributed by atoms with Crippen LogP contribution in [0.25, 0.3) is 0 Å². The average Bonchev–Trinajstić information content (AvgIpc) is 2.29. The van der Waals surface area contributed by atoms with Crippen molar-refractivity contribution in [3.8, 4) is 6.07 Å². The Morgan fingerprint density at radius 1 is 1.33 bits per heavy atom. The Hall–Kier alpha value is -0.640. The van der Waals surface area contributed by atoms with E-state index in [0.717, 1.165) is 32.2 Å². The first-order chi connectivity index (χ1) is 8.55. The molecule has 2 rings (SSSR count). The van der Waals surface area contributed by atoms with Crippen LogP contribution in [-0.2, 0) is 10.0 Å². The number of sulfonamides is 1. The standard InChI is InChI=1S/C12H21N3O2S/c13-7-9-18(16,17)15-11-4-8-14-12(10-11)5-2-1-3-6-12/h11,14-15H,1-6,8-10H2. The molecule has 1 saturated heterocycles. The van der Waals surface area contributed by atoms with Crippen molar-refractivity contribution in [3.63, 3.8) is 0 Å². The Kier molecular flexibility index (Phi) is 4.25. The SMILES string of the molecule is N#CCS(=O)(=O)NC1CCNC2(CCCCC2)C1. The summed E-state index contributed by atoms with van der Waals surface area (Å²) in [5, 5.41) is 12.1. The Morgan fingerprint density at radius 2 is 2.06 bits per heavy atom. The molecule has 1 saturated carbocycles. The van der Waals surface area contributed by atoms with Gasteiger partial charge in [-0.2, -0.15) is 5.26 Å². The van der Waals surface area contributed by atoms with E-state index < -0.39 is 15.8 Å². The lowest BCUT2D eigenvalue weighted by Gasteiger charge is -2.44. The summed E-state index contributed by atoms with van der Waals surface area (Å²) in [6.07, 6.45) is 7.70. The second-order valence-corrected chi connectivity index (χ2v) is 7.25. The quantitative estimate of drug-likeness (QED) is 0.798. The van der Waals surface area contributed by atoms with Crippen molar-refractivity contribution in [3.05, 3.63) is 0 Å². The minimum absolute atomic E-state index is 0.0114. The summed E-state index contributed by atoms with van der Waals surface area (Å²) < 4.78 is 25.9. The monoisotopic (exact) mass is 271 g/mol. The lowest BCUT2D eigenvalue weighted by molar-refractivity contribution is 0.165. The topological polar surface area (TPSA) is 82.0 Å². The van der Waals surface area contributed by atoms with Crippen molar-refractivity contribution in [1.29, 1.82) is 5.26 Å². The highest BCUT2D eigenvalue weighted by Gasteiger charge is 2.37. The van der Waals surface area contributed by atoms with E-state index in [0.29, 0.717) is 0 Å². The number of hydrogen-bond acceptors (Lipinski definition) is 4. The normalized spacial score (nSPS) is 27.8. The van der Waals surface area contributed by atoms with Crippen LogP contribution >= 0.6 is 0 Å². The highest BCUT2D eigenvalue weighted by atomic mass is 32.2. The Bertz CT molecular complexity index is 416. The van der Waals surface area contributed by atoms with E-state index in [9.17, 15) is 8.42 Å². The van der Waals surface area contributed by atoms with E-state index in [1.807, 2.05) is 0 Å². The van der Waals surface area contributed by atoms with Crippen LogP contribution in [0.2, 0.25) is 0 Å². The van der Waals surface area contributed by atoms with E-state index in [-0.39, 0.29) is 11.6 Å². The zero-order valence-electron chi connectivity index (χ0n) is 10.6. The molecule has 0 radical (unpaired) electrons. The molecule has 0 aromatic rings. The van der Waals surface area contributed by atoms with E-state index in [2.05, 4.69) is 10.0 Å². The Labute approximate surface area is 109 Å². The third kappa shape index (κ3) is 3.44. The van der Waals surface area contributed by atoms with Crippen LogP contribution in [0.3, 0.4) is 0 Å². The molecule has 2 aliphatic rings. The van der Waals surface area contributed by atoms with Crippen molar-refractivity contribution >= 4 is 10.0 Å². The first-order valence-corrected chi connectivity index (χ1v) is 8.32. The van der Waals surface area contributed by atoms with E-state index in [1.165, 1.54) is 19.3 Å². The predicted molar refractivity (Wildman–Crippen MR) is 69.4 cm³/mol. The third-order valence-corrected chi connectivity index (χ3v) is 5.24. The molecular weight excluding hydrogens is 250 g/mol. The highest BCUT2D eigenvalue weighted by molar-refractivity contribution is 7.89. The van der Waals surface area contributed by atoms with Gasteiger partial charge in [-0.1, -0.05) is 19.3 Å². The van der Waals surface area contributed by atoms with Gasteiger partial charge >= 0.3 is 0 Å². The van der Waals surface area contributed by atoms with Crippen LogP contribution in [-0.4, -0.2) is 32.3 Å². The van der Waals surface area contributed by atoms with Gasteiger partial charge in [-0.15, -0.1) is 0 Å². The van der Waals surface area contributed by atoms with Crippen LogP contribution < -0.4 is 10.0 Å². The Balaban J connectivity index is 1.97. The van der Waals surface area contributed by atoms with Crippen molar-refractivity contribution in [2.24, 2.45) is 0 Å². The smallest absolute Gasteiger partial charge is 0.225 e. The number of nitrogens with zero attached hydrogens (tertiary/aromatic N) is 1. The summed E-state index contributed by atoms with van der Waals surface area (Å²) in [4.78, 5) is 0. The molecule has 1 aliphatic heterocycles. The van der Waals surface area contributed by atoms with Gasteiger partial charge in [0, 0.05) is 11.6 Å². The van der Waals surface area contributed by atoms with Gasteiger partial charge in [-0.3, -0.25) is 0 Å².